The van der Waals surface area contributed by atoms with E-state index in [0.717, 1.165) is 12.8 Å². The molecule has 3 aliphatic rings. The van der Waals surface area contributed by atoms with E-state index < -0.39 is 29.2 Å². The Bertz CT molecular complexity index is 1160. The van der Waals surface area contributed by atoms with Crippen molar-refractivity contribution in [3.63, 3.8) is 0 Å². The van der Waals surface area contributed by atoms with Gasteiger partial charge in [0.1, 0.15) is 11.7 Å². The van der Waals surface area contributed by atoms with Crippen LogP contribution in [0.2, 0.25) is 0 Å². The first-order valence-corrected chi connectivity index (χ1v) is 15.0. The first kappa shape index (κ1) is 29.1. The van der Waals surface area contributed by atoms with Crippen LogP contribution in [0.15, 0.2) is 60.7 Å². The number of alkyl carbamates (subject to hydrolysis) is 1. The summed E-state index contributed by atoms with van der Waals surface area (Å²) in [5.41, 5.74) is -1.39. The lowest BCUT2D eigenvalue weighted by molar-refractivity contribution is -0.956. The molecule has 0 saturated carbocycles. The van der Waals surface area contributed by atoms with E-state index in [1.807, 2.05) is 36.4 Å². The Morgan fingerprint density at radius 1 is 0.829 bits per heavy atom. The molecule has 2 aromatic rings. The van der Waals surface area contributed by atoms with Gasteiger partial charge in [-0.15, -0.1) is 0 Å². The van der Waals surface area contributed by atoms with E-state index in [-0.39, 0.29) is 19.1 Å². The van der Waals surface area contributed by atoms with Crippen LogP contribution in [-0.2, 0) is 29.4 Å². The lowest BCUT2D eigenvalue weighted by atomic mass is 9.85. The number of piperidine rings is 1. The van der Waals surface area contributed by atoms with Gasteiger partial charge in [0, 0.05) is 56.2 Å². The highest BCUT2D eigenvalue weighted by molar-refractivity contribution is 5.89. The Hall–Kier alpha value is -3.39. The van der Waals surface area contributed by atoms with Crippen LogP contribution in [0.5, 0.6) is 0 Å². The molecule has 1 spiro atoms. The van der Waals surface area contributed by atoms with E-state index in [0.29, 0.717) is 23.2 Å². The summed E-state index contributed by atoms with van der Waals surface area (Å²) in [5, 5.41) is 2.59. The Morgan fingerprint density at radius 2 is 1.37 bits per heavy atom. The van der Waals surface area contributed by atoms with Gasteiger partial charge < -0.3 is 24.0 Å². The van der Waals surface area contributed by atoms with Crippen molar-refractivity contribution >= 4 is 18.0 Å². The molecule has 3 saturated heterocycles. The summed E-state index contributed by atoms with van der Waals surface area (Å²) in [6, 6.07) is 19.2. The fraction of sp³-hybridized carbons (Fsp3) is 0.545. The first-order chi connectivity index (χ1) is 19.6. The predicted octanol–water partition coefficient (Wildman–Crippen LogP) is 5.24. The highest BCUT2D eigenvalue weighted by Crippen LogP contribution is 2.47. The Balaban J connectivity index is 1.38. The molecule has 2 bridgehead atoms. The molecule has 3 heterocycles. The quantitative estimate of drug-likeness (QED) is 0.269. The number of ether oxygens (including phenoxy) is 3. The Morgan fingerprint density at radius 3 is 1.88 bits per heavy atom. The second-order valence-electron chi connectivity index (χ2n) is 12.7. The maximum atomic E-state index is 14.4. The van der Waals surface area contributed by atoms with Crippen LogP contribution in [-0.4, -0.2) is 65.9 Å². The summed E-state index contributed by atoms with van der Waals surface area (Å²) in [6.45, 7) is 7.79. The van der Waals surface area contributed by atoms with Crippen molar-refractivity contribution in [2.45, 2.75) is 95.1 Å². The zero-order valence-electron chi connectivity index (χ0n) is 24.5. The van der Waals surface area contributed by atoms with Crippen molar-refractivity contribution in [1.82, 2.24) is 5.32 Å². The topological polar surface area (TPSA) is 90.9 Å². The van der Waals surface area contributed by atoms with E-state index in [1.165, 1.54) is 43.3 Å². The van der Waals surface area contributed by atoms with Crippen LogP contribution >= 0.6 is 0 Å². The third-order valence-electron chi connectivity index (χ3n) is 8.94. The first-order valence-electron chi connectivity index (χ1n) is 15.0. The molecule has 41 heavy (non-hydrogen) atoms. The summed E-state index contributed by atoms with van der Waals surface area (Å²) >= 11 is 0. The van der Waals surface area contributed by atoms with E-state index in [1.54, 1.807) is 45.0 Å². The highest BCUT2D eigenvalue weighted by atomic mass is 16.6. The maximum absolute atomic E-state index is 14.4. The third kappa shape index (κ3) is 6.13. The van der Waals surface area contributed by atoms with Gasteiger partial charge in [-0.3, -0.25) is 4.79 Å². The van der Waals surface area contributed by atoms with E-state index in [4.69, 9.17) is 14.2 Å². The summed E-state index contributed by atoms with van der Waals surface area (Å²) in [4.78, 5) is 39.8. The number of hydrogen-bond acceptors (Lipinski definition) is 6. The average Bonchev–Trinajstić information content (AvgIpc) is 3.48. The number of esters is 2. The highest BCUT2D eigenvalue weighted by Gasteiger charge is 2.57. The second kappa shape index (κ2) is 11.8. The lowest BCUT2D eigenvalue weighted by Crippen LogP contribution is -2.60. The smallest absolute Gasteiger partial charge is 0.407 e. The van der Waals surface area contributed by atoms with Gasteiger partial charge in [-0.05, 0) is 20.8 Å². The molecule has 220 valence electrons. The van der Waals surface area contributed by atoms with E-state index >= 15 is 0 Å². The average molecular weight is 564 g/mol. The molecule has 0 aromatic heterocycles. The number of amides is 1. The molecule has 2 unspecified atom stereocenters. The van der Waals surface area contributed by atoms with Gasteiger partial charge in [-0.2, -0.15) is 0 Å². The molecule has 3 aliphatic heterocycles. The molecule has 8 heteroatoms. The van der Waals surface area contributed by atoms with Crippen LogP contribution < -0.4 is 5.32 Å². The Kier molecular flexibility index (Phi) is 8.41. The zero-order chi connectivity index (χ0) is 29.1. The van der Waals surface area contributed by atoms with Crippen LogP contribution in [0.25, 0.3) is 0 Å². The summed E-state index contributed by atoms with van der Waals surface area (Å²) in [5.74, 6) is -1.21. The van der Waals surface area contributed by atoms with Crippen molar-refractivity contribution in [1.29, 1.82) is 0 Å². The second-order valence-corrected chi connectivity index (χ2v) is 12.7. The number of benzene rings is 2. The molecular formula is C33H43N2O6+. The molecule has 5 rings (SSSR count). The molecule has 3 fully saturated rings. The minimum atomic E-state index is -1.78. The molecular weight excluding hydrogens is 520 g/mol. The van der Waals surface area contributed by atoms with Gasteiger partial charge in [0.2, 0.25) is 0 Å². The minimum absolute atomic E-state index is 0.00837. The van der Waals surface area contributed by atoms with Crippen LogP contribution in [0, 0.1) is 0 Å². The lowest BCUT2D eigenvalue weighted by Gasteiger charge is -2.47. The number of nitrogens with one attached hydrogen (secondary N) is 1. The zero-order valence-corrected chi connectivity index (χ0v) is 24.5. The molecule has 2 aromatic carbocycles. The van der Waals surface area contributed by atoms with Gasteiger partial charge >= 0.3 is 18.0 Å². The molecule has 2 atom stereocenters. The summed E-state index contributed by atoms with van der Waals surface area (Å²) in [7, 11) is 0. The third-order valence-corrected chi connectivity index (χ3v) is 8.94. The number of carbonyl (C=O) groups excluding carboxylic acids is 3. The monoisotopic (exact) mass is 563 g/mol. The SMILES string of the molecule is CC(C)(C)OC(=O)NCCC(=O)OC(C(=O)OC1CC2CCC(C1)[N+]21CCCC1)(c1ccccc1)c1ccccc1. The van der Waals surface area contributed by atoms with Gasteiger partial charge in [0.15, 0.2) is 0 Å². The molecule has 0 aliphatic carbocycles. The van der Waals surface area contributed by atoms with E-state index in [9.17, 15) is 14.4 Å². The largest absolute Gasteiger partial charge is 0.458 e. The summed E-state index contributed by atoms with van der Waals surface area (Å²) in [6.07, 6.45) is 5.63. The number of carbonyl (C=O) groups is 3. The predicted molar refractivity (Wildman–Crippen MR) is 154 cm³/mol. The molecule has 0 radical (unpaired) electrons. The van der Waals surface area contributed by atoms with Gasteiger partial charge in [0.05, 0.1) is 31.6 Å². The number of hydrogen-bond donors (Lipinski definition) is 1. The van der Waals surface area contributed by atoms with Gasteiger partial charge in [-0.1, -0.05) is 60.7 Å². The van der Waals surface area contributed by atoms with Crippen LogP contribution in [0.4, 0.5) is 4.79 Å². The van der Waals surface area contributed by atoms with Crippen molar-refractivity contribution < 1.29 is 33.1 Å². The Labute approximate surface area is 242 Å². The van der Waals surface area contributed by atoms with Crippen molar-refractivity contribution in [3.05, 3.63) is 71.8 Å². The van der Waals surface area contributed by atoms with Crippen molar-refractivity contribution in [2.75, 3.05) is 19.6 Å². The summed E-state index contributed by atoms with van der Waals surface area (Å²) < 4.78 is 18.9. The minimum Gasteiger partial charge on any atom is -0.458 e. The normalized spacial score (nSPS) is 23.1. The molecule has 8 nitrogen and oxygen atoms in total. The fourth-order valence-corrected chi connectivity index (χ4v) is 7.25. The molecule has 1 N–H and O–H groups in total. The van der Waals surface area contributed by atoms with Crippen LogP contribution in [0.3, 0.4) is 0 Å². The fourth-order valence-electron chi connectivity index (χ4n) is 7.25. The van der Waals surface area contributed by atoms with Gasteiger partial charge in [0.25, 0.3) is 5.60 Å². The molecule has 1 amide bonds. The standard InChI is InChI=1S/C33H42N2O6/c1-32(2,3)41-31(38)34-19-18-29(36)40-33(24-12-6-4-7-13-24,25-14-8-5-9-15-25)30(37)39-28-22-26-16-17-27(23-28)35(26)20-10-11-21-35/h4-9,12-15,26-28H,10-11,16-23H2,1-3H3/p+1. The number of nitrogens with zero attached hydrogens (tertiary/aromatic N) is 1. The maximum Gasteiger partial charge on any atom is 0.407 e. The number of rotatable bonds is 8. The number of quaternary nitrogens is 1. The van der Waals surface area contributed by atoms with Crippen molar-refractivity contribution in [3.8, 4) is 0 Å². The van der Waals surface area contributed by atoms with Gasteiger partial charge in [-0.25, -0.2) is 9.59 Å². The van der Waals surface area contributed by atoms with E-state index in [2.05, 4.69) is 5.32 Å². The van der Waals surface area contributed by atoms with Crippen molar-refractivity contribution in [2.24, 2.45) is 0 Å². The van der Waals surface area contributed by atoms with Crippen LogP contribution in [0.1, 0.15) is 76.8 Å².